The second kappa shape index (κ2) is 6.02. The van der Waals surface area contributed by atoms with Gasteiger partial charge in [-0.25, -0.2) is 0 Å². The maximum absolute atomic E-state index is 9.88. The van der Waals surface area contributed by atoms with Gasteiger partial charge in [-0.2, -0.15) is 0 Å². The number of ether oxygens (including phenoxy) is 1. The summed E-state index contributed by atoms with van der Waals surface area (Å²) in [7, 11) is 3.90. The number of hydrogen-bond donors (Lipinski definition) is 2. The quantitative estimate of drug-likeness (QED) is 0.862. The highest BCUT2D eigenvalue weighted by Gasteiger charge is 2.25. The number of aliphatic hydroxyl groups is 1. The SMILES string of the molecule is CNCC(O)c1ccc(OC2CN(C)C2)c(Br)c1. The predicted molar refractivity (Wildman–Crippen MR) is 74.9 cm³/mol. The molecule has 2 N–H and O–H groups in total. The molecule has 0 spiro atoms. The van der Waals surface area contributed by atoms with E-state index in [0.29, 0.717) is 6.54 Å². The molecule has 1 fully saturated rings. The largest absolute Gasteiger partial charge is 0.487 e. The molecule has 1 aliphatic rings. The van der Waals surface area contributed by atoms with Gasteiger partial charge in [-0.15, -0.1) is 0 Å². The molecule has 4 nitrogen and oxygen atoms in total. The van der Waals surface area contributed by atoms with E-state index in [-0.39, 0.29) is 6.10 Å². The van der Waals surface area contributed by atoms with Crippen molar-refractivity contribution in [2.24, 2.45) is 0 Å². The summed E-state index contributed by atoms with van der Waals surface area (Å²) < 4.78 is 6.75. The van der Waals surface area contributed by atoms with E-state index in [1.807, 2.05) is 25.2 Å². The van der Waals surface area contributed by atoms with Crippen molar-refractivity contribution in [2.45, 2.75) is 12.2 Å². The fourth-order valence-corrected chi connectivity index (χ4v) is 2.52. The Kier molecular flexibility index (Phi) is 4.61. The molecule has 1 aromatic rings. The summed E-state index contributed by atoms with van der Waals surface area (Å²) in [5.41, 5.74) is 0.884. The number of likely N-dealkylation sites (tertiary alicyclic amines) is 1. The van der Waals surface area contributed by atoms with Crippen LogP contribution >= 0.6 is 15.9 Å². The fourth-order valence-electron chi connectivity index (χ4n) is 2.03. The van der Waals surface area contributed by atoms with Crippen molar-refractivity contribution >= 4 is 15.9 Å². The standard InChI is InChI=1S/C13H19BrN2O2/c1-15-6-12(17)9-3-4-13(11(14)5-9)18-10-7-16(2)8-10/h3-5,10,12,15,17H,6-8H2,1-2H3. The molecule has 0 radical (unpaired) electrons. The lowest BCUT2D eigenvalue weighted by Gasteiger charge is -2.36. The van der Waals surface area contributed by atoms with Crippen LogP contribution < -0.4 is 10.1 Å². The van der Waals surface area contributed by atoms with Crippen molar-refractivity contribution in [2.75, 3.05) is 33.7 Å². The maximum Gasteiger partial charge on any atom is 0.134 e. The average Bonchev–Trinajstić information content (AvgIpc) is 2.29. The summed E-state index contributed by atoms with van der Waals surface area (Å²) in [6.07, 6.45) is -0.213. The van der Waals surface area contributed by atoms with Crippen LogP contribution in [0.1, 0.15) is 11.7 Å². The second-order valence-corrected chi connectivity index (χ2v) is 5.58. The molecule has 2 rings (SSSR count). The van der Waals surface area contributed by atoms with E-state index in [2.05, 4.69) is 33.2 Å². The van der Waals surface area contributed by atoms with E-state index >= 15 is 0 Å². The molecule has 5 heteroatoms. The summed E-state index contributed by atoms with van der Waals surface area (Å²) in [6, 6.07) is 5.74. The van der Waals surface area contributed by atoms with Crippen LogP contribution in [0.25, 0.3) is 0 Å². The Balaban J connectivity index is 2.00. The third kappa shape index (κ3) is 3.23. The number of nitrogens with one attached hydrogen (secondary N) is 1. The second-order valence-electron chi connectivity index (χ2n) is 4.72. The number of halogens is 1. The summed E-state index contributed by atoms with van der Waals surface area (Å²) in [5.74, 6) is 0.841. The minimum atomic E-state index is -0.491. The monoisotopic (exact) mass is 314 g/mol. The van der Waals surface area contributed by atoms with Gasteiger partial charge >= 0.3 is 0 Å². The number of likely N-dealkylation sites (N-methyl/N-ethyl adjacent to an activating group) is 2. The molecule has 0 aromatic heterocycles. The zero-order chi connectivity index (χ0) is 13.1. The number of rotatable bonds is 5. The Morgan fingerprint density at radius 1 is 1.56 bits per heavy atom. The van der Waals surface area contributed by atoms with Crippen molar-refractivity contribution in [1.29, 1.82) is 0 Å². The molecule has 0 saturated carbocycles. The highest BCUT2D eigenvalue weighted by atomic mass is 79.9. The molecule has 1 atom stereocenters. The summed E-state index contributed by atoms with van der Waals surface area (Å²) >= 11 is 3.49. The molecule has 0 bridgehead atoms. The number of aliphatic hydroxyl groups excluding tert-OH is 1. The first-order chi connectivity index (χ1) is 8.60. The zero-order valence-electron chi connectivity index (χ0n) is 10.7. The fraction of sp³-hybridized carbons (Fsp3) is 0.538. The van der Waals surface area contributed by atoms with Gasteiger partial charge in [-0.3, -0.25) is 4.90 Å². The number of hydrogen-bond acceptors (Lipinski definition) is 4. The van der Waals surface area contributed by atoms with Crippen LogP contribution in [0.5, 0.6) is 5.75 Å². The van der Waals surface area contributed by atoms with Crippen molar-refractivity contribution in [3.05, 3.63) is 28.2 Å². The van der Waals surface area contributed by atoms with Gasteiger partial charge in [-0.05, 0) is 47.7 Å². The lowest BCUT2D eigenvalue weighted by Crippen LogP contribution is -2.51. The van der Waals surface area contributed by atoms with Gasteiger partial charge in [0.05, 0.1) is 10.6 Å². The first-order valence-electron chi connectivity index (χ1n) is 6.07. The molecule has 0 amide bonds. The van der Waals surface area contributed by atoms with Gasteiger partial charge in [0.25, 0.3) is 0 Å². The summed E-state index contributed by atoms with van der Waals surface area (Å²) in [4.78, 5) is 2.21. The summed E-state index contributed by atoms with van der Waals surface area (Å²) in [5, 5.41) is 12.8. The molecule has 1 heterocycles. The highest BCUT2D eigenvalue weighted by molar-refractivity contribution is 9.10. The van der Waals surface area contributed by atoms with E-state index in [1.165, 1.54) is 0 Å². The van der Waals surface area contributed by atoms with Gasteiger partial charge in [0.15, 0.2) is 0 Å². The Labute approximate surface area is 116 Å². The molecule has 100 valence electrons. The highest BCUT2D eigenvalue weighted by Crippen LogP contribution is 2.30. The van der Waals surface area contributed by atoms with Crippen LogP contribution in [0.15, 0.2) is 22.7 Å². The minimum absolute atomic E-state index is 0.277. The zero-order valence-corrected chi connectivity index (χ0v) is 12.3. The average molecular weight is 315 g/mol. The molecule has 1 unspecified atom stereocenters. The van der Waals surface area contributed by atoms with Gasteiger partial charge in [0.1, 0.15) is 11.9 Å². The van der Waals surface area contributed by atoms with Crippen LogP contribution in [0.4, 0.5) is 0 Å². The van der Waals surface area contributed by atoms with Gasteiger partial charge in [-0.1, -0.05) is 6.07 Å². The first-order valence-corrected chi connectivity index (χ1v) is 6.86. The van der Waals surface area contributed by atoms with Gasteiger partial charge < -0.3 is 15.2 Å². The first kappa shape index (κ1) is 13.8. The van der Waals surface area contributed by atoms with Gasteiger partial charge in [0.2, 0.25) is 0 Å². The van der Waals surface area contributed by atoms with Crippen LogP contribution in [0, 0.1) is 0 Å². The number of benzene rings is 1. The maximum atomic E-state index is 9.88. The minimum Gasteiger partial charge on any atom is -0.487 e. The Morgan fingerprint density at radius 2 is 2.28 bits per heavy atom. The molecule has 1 saturated heterocycles. The topological polar surface area (TPSA) is 44.7 Å². The number of nitrogens with zero attached hydrogens (tertiary/aromatic N) is 1. The van der Waals surface area contributed by atoms with Crippen LogP contribution in [0.3, 0.4) is 0 Å². The normalized spacial score (nSPS) is 18.4. The molecule has 1 aromatic carbocycles. The lowest BCUT2D eigenvalue weighted by molar-refractivity contribution is 0.0382. The molecule has 1 aliphatic heterocycles. The van der Waals surface area contributed by atoms with Crippen LogP contribution in [-0.4, -0.2) is 49.8 Å². The van der Waals surface area contributed by atoms with Crippen molar-refractivity contribution < 1.29 is 9.84 Å². The Hall–Kier alpha value is -0.620. The molecular weight excluding hydrogens is 296 g/mol. The van der Waals surface area contributed by atoms with E-state index in [1.54, 1.807) is 0 Å². The van der Waals surface area contributed by atoms with Crippen molar-refractivity contribution in [3.8, 4) is 5.75 Å². The van der Waals surface area contributed by atoms with Crippen molar-refractivity contribution in [1.82, 2.24) is 10.2 Å². The Bertz CT molecular complexity index is 408. The third-order valence-corrected chi connectivity index (χ3v) is 3.68. The summed E-state index contributed by atoms with van der Waals surface area (Å²) in [6.45, 7) is 2.48. The lowest BCUT2D eigenvalue weighted by atomic mass is 10.1. The third-order valence-electron chi connectivity index (χ3n) is 3.06. The van der Waals surface area contributed by atoms with E-state index in [4.69, 9.17) is 4.74 Å². The molecule has 18 heavy (non-hydrogen) atoms. The van der Waals surface area contributed by atoms with E-state index < -0.39 is 6.10 Å². The Morgan fingerprint density at radius 3 is 2.83 bits per heavy atom. The van der Waals surface area contributed by atoms with Crippen molar-refractivity contribution in [3.63, 3.8) is 0 Å². The predicted octanol–water partition coefficient (Wildman–Crippen LogP) is 1.39. The van der Waals surface area contributed by atoms with E-state index in [9.17, 15) is 5.11 Å². The molecular formula is C13H19BrN2O2. The smallest absolute Gasteiger partial charge is 0.134 e. The van der Waals surface area contributed by atoms with E-state index in [0.717, 1.165) is 28.9 Å². The van der Waals surface area contributed by atoms with Crippen LogP contribution in [-0.2, 0) is 0 Å². The van der Waals surface area contributed by atoms with Gasteiger partial charge in [0, 0.05) is 19.6 Å². The molecule has 0 aliphatic carbocycles. The van der Waals surface area contributed by atoms with Crippen LogP contribution in [0.2, 0.25) is 0 Å².